The first-order valence-electron chi connectivity index (χ1n) is 6.77. The van der Waals surface area contributed by atoms with E-state index in [0.29, 0.717) is 19.8 Å². The molecule has 1 saturated heterocycles. The molecule has 1 aromatic carbocycles. The third-order valence-electron chi connectivity index (χ3n) is 3.90. The van der Waals surface area contributed by atoms with E-state index < -0.39 is 10.0 Å². The van der Waals surface area contributed by atoms with Crippen LogP contribution in [0, 0.1) is 0 Å². The Morgan fingerprint density at radius 3 is 2.62 bits per heavy atom. The molecule has 1 aliphatic heterocycles. The third kappa shape index (κ3) is 3.97. The number of halogens is 1. The number of benzene rings is 1. The molecule has 0 aliphatic carbocycles. The molecule has 0 aromatic heterocycles. The molecule has 21 heavy (non-hydrogen) atoms. The Bertz CT molecular complexity index is 570. The SMILES string of the molecule is COc1ccccc1C1(CNS(=O)(=O)CBr)CCOCC1. The molecular weight excluding hydrogens is 358 g/mol. The van der Waals surface area contributed by atoms with E-state index in [0.717, 1.165) is 24.2 Å². The normalized spacial score (nSPS) is 18.4. The van der Waals surface area contributed by atoms with E-state index in [1.54, 1.807) is 7.11 Å². The fraction of sp³-hybridized carbons (Fsp3) is 0.571. The molecule has 1 N–H and O–H groups in total. The molecule has 0 amide bonds. The summed E-state index contributed by atoms with van der Waals surface area (Å²) < 4.78 is 37.0. The van der Waals surface area contributed by atoms with Crippen LogP contribution >= 0.6 is 15.9 Å². The maximum Gasteiger partial charge on any atom is 0.221 e. The summed E-state index contributed by atoms with van der Waals surface area (Å²) in [6.07, 6.45) is 1.52. The molecule has 0 atom stereocenters. The molecule has 1 fully saturated rings. The van der Waals surface area contributed by atoms with Crippen molar-refractivity contribution in [1.29, 1.82) is 0 Å². The fourth-order valence-corrected chi connectivity index (χ4v) is 3.73. The van der Waals surface area contributed by atoms with Gasteiger partial charge in [0.25, 0.3) is 0 Å². The highest BCUT2D eigenvalue weighted by Crippen LogP contribution is 2.39. The first-order chi connectivity index (χ1) is 10.0. The van der Waals surface area contributed by atoms with E-state index in [9.17, 15) is 8.42 Å². The fourth-order valence-electron chi connectivity index (χ4n) is 2.67. The van der Waals surface area contributed by atoms with Gasteiger partial charge in [0.2, 0.25) is 10.0 Å². The van der Waals surface area contributed by atoms with Gasteiger partial charge in [-0.2, -0.15) is 0 Å². The van der Waals surface area contributed by atoms with Gasteiger partial charge in [-0.05, 0) is 18.9 Å². The van der Waals surface area contributed by atoms with Crippen LogP contribution in [0.1, 0.15) is 18.4 Å². The lowest BCUT2D eigenvalue weighted by Gasteiger charge is -2.38. The van der Waals surface area contributed by atoms with E-state index >= 15 is 0 Å². The van der Waals surface area contributed by atoms with Crippen molar-refractivity contribution < 1.29 is 17.9 Å². The highest BCUT2D eigenvalue weighted by atomic mass is 79.9. The zero-order valence-electron chi connectivity index (χ0n) is 12.0. The molecule has 0 bridgehead atoms. The number of ether oxygens (including phenoxy) is 2. The minimum Gasteiger partial charge on any atom is -0.496 e. The number of methoxy groups -OCH3 is 1. The number of hydrogen-bond acceptors (Lipinski definition) is 4. The summed E-state index contributed by atoms with van der Waals surface area (Å²) in [4.78, 5) is 0. The summed E-state index contributed by atoms with van der Waals surface area (Å²) in [5, 5.41) is 0. The monoisotopic (exact) mass is 377 g/mol. The molecule has 0 saturated carbocycles. The van der Waals surface area contributed by atoms with Crippen molar-refractivity contribution in [2.24, 2.45) is 0 Å². The van der Waals surface area contributed by atoms with Crippen LogP contribution in [-0.4, -0.2) is 39.9 Å². The van der Waals surface area contributed by atoms with Crippen molar-refractivity contribution in [1.82, 2.24) is 4.72 Å². The van der Waals surface area contributed by atoms with E-state index in [1.807, 2.05) is 24.3 Å². The predicted molar refractivity (Wildman–Crippen MR) is 85.4 cm³/mol. The smallest absolute Gasteiger partial charge is 0.221 e. The van der Waals surface area contributed by atoms with Crippen LogP contribution in [0.15, 0.2) is 24.3 Å². The summed E-state index contributed by atoms with van der Waals surface area (Å²) in [5.74, 6) is 0.789. The molecule has 1 aromatic rings. The average Bonchev–Trinajstić information content (AvgIpc) is 2.54. The highest BCUT2D eigenvalue weighted by molar-refractivity contribution is 9.10. The Hall–Kier alpha value is -0.630. The van der Waals surface area contributed by atoms with E-state index in [4.69, 9.17) is 9.47 Å². The summed E-state index contributed by atoms with van der Waals surface area (Å²) in [6.45, 7) is 1.59. The molecule has 0 radical (unpaired) electrons. The van der Waals surface area contributed by atoms with Gasteiger partial charge in [0, 0.05) is 30.7 Å². The lowest BCUT2D eigenvalue weighted by molar-refractivity contribution is 0.0509. The Morgan fingerprint density at radius 2 is 2.00 bits per heavy atom. The van der Waals surface area contributed by atoms with Gasteiger partial charge in [-0.15, -0.1) is 0 Å². The second-order valence-electron chi connectivity index (χ2n) is 5.14. The molecule has 0 unspecified atom stereocenters. The molecule has 7 heteroatoms. The van der Waals surface area contributed by atoms with Crippen LogP contribution in [-0.2, 0) is 20.2 Å². The molecule has 5 nitrogen and oxygen atoms in total. The summed E-state index contributed by atoms with van der Waals surface area (Å²) in [6, 6.07) is 7.78. The number of hydrogen-bond donors (Lipinski definition) is 1. The minimum absolute atomic E-state index is 0.0987. The van der Waals surface area contributed by atoms with Gasteiger partial charge in [-0.25, -0.2) is 13.1 Å². The van der Waals surface area contributed by atoms with Gasteiger partial charge in [0.15, 0.2) is 0 Å². The van der Waals surface area contributed by atoms with Crippen molar-refractivity contribution in [2.45, 2.75) is 18.3 Å². The van der Waals surface area contributed by atoms with Gasteiger partial charge < -0.3 is 9.47 Å². The number of rotatable bonds is 6. The van der Waals surface area contributed by atoms with E-state index in [2.05, 4.69) is 20.7 Å². The molecule has 1 heterocycles. The van der Waals surface area contributed by atoms with Crippen LogP contribution in [0.3, 0.4) is 0 Å². The molecule has 2 rings (SSSR count). The minimum atomic E-state index is -3.30. The van der Waals surface area contributed by atoms with Crippen molar-refractivity contribution in [3.63, 3.8) is 0 Å². The standard InChI is InChI=1S/C14H20BrNO4S/c1-19-13-5-3-2-4-12(13)14(6-8-20-9-7-14)10-16-21(17,18)11-15/h2-5,16H,6-11H2,1H3. The van der Waals surface area contributed by atoms with Crippen molar-refractivity contribution in [2.75, 3.05) is 31.5 Å². The Balaban J connectivity index is 2.33. The van der Waals surface area contributed by atoms with Crippen LogP contribution in [0.5, 0.6) is 5.75 Å². The molecular formula is C14H20BrNO4S. The molecule has 0 spiro atoms. The van der Waals surface area contributed by atoms with Crippen LogP contribution in [0.2, 0.25) is 0 Å². The second kappa shape index (κ2) is 7.09. The quantitative estimate of drug-likeness (QED) is 0.770. The van der Waals surface area contributed by atoms with Crippen molar-refractivity contribution in [3.05, 3.63) is 29.8 Å². The Labute approximate surface area is 134 Å². The maximum absolute atomic E-state index is 11.7. The Kier molecular flexibility index (Phi) is 5.65. The number of alkyl halides is 1. The lowest BCUT2D eigenvalue weighted by Crippen LogP contribution is -2.45. The van der Waals surface area contributed by atoms with Crippen LogP contribution in [0.4, 0.5) is 0 Å². The first kappa shape index (κ1) is 16.7. The summed E-state index contributed by atoms with van der Waals surface area (Å²) in [5.41, 5.74) is 0.744. The lowest BCUT2D eigenvalue weighted by atomic mass is 9.74. The largest absolute Gasteiger partial charge is 0.496 e. The summed E-state index contributed by atoms with van der Waals surface area (Å²) >= 11 is 3.00. The van der Waals surface area contributed by atoms with Crippen LogP contribution < -0.4 is 9.46 Å². The van der Waals surface area contributed by atoms with Gasteiger partial charge >= 0.3 is 0 Å². The van der Waals surface area contributed by atoms with Crippen LogP contribution in [0.25, 0.3) is 0 Å². The predicted octanol–water partition coefficient (Wildman–Crippen LogP) is 2.02. The molecule has 118 valence electrons. The highest BCUT2D eigenvalue weighted by Gasteiger charge is 2.37. The van der Waals surface area contributed by atoms with Crippen molar-refractivity contribution >= 4 is 26.0 Å². The Morgan fingerprint density at radius 1 is 1.33 bits per heavy atom. The van der Waals surface area contributed by atoms with E-state index in [-0.39, 0.29) is 10.1 Å². The zero-order chi connectivity index (χ0) is 15.3. The van der Waals surface area contributed by atoms with Gasteiger partial charge in [-0.3, -0.25) is 0 Å². The molecule has 1 aliphatic rings. The third-order valence-corrected chi connectivity index (χ3v) is 6.58. The van der Waals surface area contributed by atoms with Crippen molar-refractivity contribution in [3.8, 4) is 5.75 Å². The summed E-state index contributed by atoms with van der Waals surface area (Å²) in [7, 11) is -1.67. The second-order valence-corrected chi connectivity index (χ2v) is 8.25. The topological polar surface area (TPSA) is 64.6 Å². The van der Waals surface area contributed by atoms with E-state index in [1.165, 1.54) is 0 Å². The zero-order valence-corrected chi connectivity index (χ0v) is 14.4. The number of sulfonamides is 1. The number of para-hydroxylation sites is 1. The van der Waals surface area contributed by atoms with Gasteiger partial charge in [0.1, 0.15) is 10.4 Å². The maximum atomic E-state index is 11.7. The first-order valence-corrected chi connectivity index (χ1v) is 9.55. The number of nitrogens with one attached hydrogen (secondary N) is 1. The van der Waals surface area contributed by atoms with Gasteiger partial charge in [0.05, 0.1) is 7.11 Å². The van der Waals surface area contributed by atoms with Gasteiger partial charge in [-0.1, -0.05) is 34.1 Å². The average molecular weight is 378 g/mol.